The van der Waals surface area contributed by atoms with Gasteiger partial charge in [-0.05, 0) is 53.6 Å². The van der Waals surface area contributed by atoms with Gasteiger partial charge in [0, 0.05) is 21.4 Å². The van der Waals surface area contributed by atoms with E-state index >= 15 is 0 Å². The summed E-state index contributed by atoms with van der Waals surface area (Å²) in [5.41, 5.74) is 5.40. The third-order valence-corrected chi connectivity index (χ3v) is 5.63. The lowest BCUT2D eigenvalue weighted by molar-refractivity contribution is -0.118. The maximum atomic E-state index is 11.9. The molecule has 0 radical (unpaired) electrons. The van der Waals surface area contributed by atoms with Crippen LogP contribution in [0.15, 0.2) is 77.9 Å². The number of ether oxygens (including phenoxy) is 1. The summed E-state index contributed by atoms with van der Waals surface area (Å²) in [5.74, 6) is 1.61. The summed E-state index contributed by atoms with van der Waals surface area (Å²) in [6.07, 6.45) is 1.59. The molecule has 0 aliphatic heterocycles. The lowest BCUT2D eigenvalue weighted by atomic mass is 10.2. The van der Waals surface area contributed by atoms with Crippen LogP contribution in [0.25, 0.3) is 0 Å². The number of carbonyl (C=O) groups is 1. The van der Waals surface area contributed by atoms with Crippen molar-refractivity contribution in [3.63, 3.8) is 0 Å². The van der Waals surface area contributed by atoms with Gasteiger partial charge < -0.3 is 4.74 Å². The van der Waals surface area contributed by atoms with E-state index in [1.54, 1.807) is 6.21 Å². The van der Waals surface area contributed by atoms with E-state index < -0.39 is 0 Å². The third kappa shape index (κ3) is 7.41. The van der Waals surface area contributed by atoms with Crippen LogP contribution in [0.2, 0.25) is 10.0 Å². The van der Waals surface area contributed by atoms with Crippen molar-refractivity contribution in [2.24, 2.45) is 5.10 Å². The Labute approximate surface area is 190 Å². The van der Waals surface area contributed by atoms with Crippen molar-refractivity contribution in [1.29, 1.82) is 0 Å². The normalized spacial score (nSPS) is 10.9. The van der Waals surface area contributed by atoms with Gasteiger partial charge in [0.15, 0.2) is 0 Å². The average molecular weight is 459 g/mol. The molecule has 4 nitrogen and oxygen atoms in total. The highest BCUT2D eigenvalue weighted by molar-refractivity contribution is 7.99. The second-order valence-electron chi connectivity index (χ2n) is 6.37. The summed E-state index contributed by atoms with van der Waals surface area (Å²) in [7, 11) is 0. The van der Waals surface area contributed by atoms with Gasteiger partial charge in [0.2, 0.25) is 5.91 Å². The lowest BCUT2D eigenvalue weighted by Gasteiger charge is -2.07. The van der Waals surface area contributed by atoms with Crippen molar-refractivity contribution < 1.29 is 9.53 Å². The zero-order chi connectivity index (χ0) is 21.2. The smallest absolute Gasteiger partial charge is 0.250 e. The number of halogens is 2. The second kappa shape index (κ2) is 11.6. The Morgan fingerprint density at radius 1 is 1.03 bits per heavy atom. The largest absolute Gasteiger partial charge is 0.489 e. The molecule has 3 rings (SSSR count). The third-order valence-electron chi connectivity index (χ3n) is 4.03. The van der Waals surface area contributed by atoms with Crippen molar-refractivity contribution in [2.75, 3.05) is 5.75 Å². The summed E-state index contributed by atoms with van der Waals surface area (Å²) in [5, 5.41) is 5.38. The molecule has 0 saturated heterocycles. The number of hydrogen-bond acceptors (Lipinski definition) is 4. The molecule has 0 aliphatic carbocycles. The van der Waals surface area contributed by atoms with E-state index in [0.29, 0.717) is 28.2 Å². The Morgan fingerprint density at radius 3 is 2.60 bits per heavy atom. The number of carbonyl (C=O) groups excluding carboxylic acids is 1. The Hall–Kier alpha value is -2.47. The molecule has 0 unspecified atom stereocenters. The van der Waals surface area contributed by atoms with Crippen molar-refractivity contribution in [3.05, 3.63) is 99.5 Å². The van der Waals surface area contributed by atoms with Crippen molar-refractivity contribution in [1.82, 2.24) is 5.43 Å². The molecule has 0 heterocycles. The Morgan fingerprint density at radius 2 is 1.83 bits per heavy atom. The molecular formula is C23H20Cl2N2O2S. The molecular weight excluding hydrogens is 439 g/mol. The minimum atomic E-state index is -0.155. The van der Waals surface area contributed by atoms with Crippen molar-refractivity contribution >= 4 is 47.1 Å². The first kappa shape index (κ1) is 22.2. The molecule has 0 aromatic heterocycles. The van der Waals surface area contributed by atoms with Crippen molar-refractivity contribution in [2.45, 2.75) is 12.4 Å². The first-order chi connectivity index (χ1) is 14.6. The van der Waals surface area contributed by atoms with Crippen LogP contribution in [0.3, 0.4) is 0 Å². The van der Waals surface area contributed by atoms with Gasteiger partial charge in [0.1, 0.15) is 12.4 Å². The molecule has 0 fully saturated rings. The Balaban J connectivity index is 1.39. The summed E-state index contributed by atoms with van der Waals surface area (Å²) in [6.45, 7) is 0.399. The van der Waals surface area contributed by atoms with Crippen molar-refractivity contribution in [3.8, 4) is 5.75 Å². The van der Waals surface area contributed by atoms with Gasteiger partial charge in [-0.1, -0.05) is 53.5 Å². The summed E-state index contributed by atoms with van der Waals surface area (Å²) in [4.78, 5) is 11.9. The fourth-order valence-corrected chi connectivity index (χ4v) is 3.70. The highest BCUT2D eigenvalue weighted by Crippen LogP contribution is 2.19. The maximum absolute atomic E-state index is 11.9. The van der Waals surface area contributed by atoms with E-state index in [-0.39, 0.29) is 5.91 Å². The van der Waals surface area contributed by atoms with Crippen LogP contribution in [-0.4, -0.2) is 17.9 Å². The standard InChI is InChI=1S/C23H20Cl2N2O2S/c24-20-6-3-4-18(12-20)15-30-16-23(28)27-26-13-17-8-10-21(11-9-17)29-14-19-5-1-2-7-22(19)25/h1-13H,14-16H2,(H,27,28). The Kier molecular flexibility index (Phi) is 8.63. The van der Waals surface area contributed by atoms with Gasteiger partial charge in [0.05, 0.1) is 12.0 Å². The summed E-state index contributed by atoms with van der Waals surface area (Å²) in [6, 6.07) is 22.6. The van der Waals surface area contributed by atoms with Gasteiger partial charge in [0.25, 0.3) is 0 Å². The van der Waals surface area contributed by atoms with E-state index in [1.165, 1.54) is 11.8 Å². The first-order valence-corrected chi connectivity index (χ1v) is 11.1. The molecule has 30 heavy (non-hydrogen) atoms. The van der Waals surface area contributed by atoms with Crippen LogP contribution in [0, 0.1) is 0 Å². The minimum absolute atomic E-state index is 0.155. The zero-order valence-corrected chi connectivity index (χ0v) is 18.4. The topological polar surface area (TPSA) is 50.7 Å². The quantitative estimate of drug-likeness (QED) is 0.318. The molecule has 0 spiro atoms. The average Bonchev–Trinajstić information content (AvgIpc) is 2.74. The molecule has 1 amide bonds. The van der Waals surface area contributed by atoms with Gasteiger partial charge in [-0.3, -0.25) is 4.79 Å². The Bertz CT molecular complexity index is 1010. The predicted octanol–water partition coefficient (Wildman–Crippen LogP) is 5.96. The number of benzene rings is 3. The molecule has 0 aliphatic rings. The zero-order valence-electron chi connectivity index (χ0n) is 16.1. The molecule has 0 atom stereocenters. The monoisotopic (exact) mass is 458 g/mol. The van der Waals surface area contributed by atoms with E-state index in [4.69, 9.17) is 27.9 Å². The van der Waals surface area contributed by atoms with E-state index in [0.717, 1.165) is 22.4 Å². The number of hydrogen-bond donors (Lipinski definition) is 1. The molecule has 0 saturated carbocycles. The minimum Gasteiger partial charge on any atom is -0.489 e. The van der Waals surface area contributed by atoms with Crippen LogP contribution in [0.4, 0.5) is 0 Å². The highest BCUT2D eigenvalue weighted by Gasteiger charge is 2.02. The van der Waals surface area contributed by atoms with Crippen LogP contribution in [-0.2, 0) is 17.2 Å². The number of rotatable bonds is 9. The number of nitrogens with zero attached hydrogens (tertiary/aromatic N) is 1. The van der Waals surface area contributed by atoms with Gasteiger partial charge in [-0.25, -0.2) is 5.43 Å². The number of nitrogens with one attached hydrogen (secondary N) is 1. The lowest BCUT2D eigenvalue weighted by Crippen LogP contribution is -2.19. The highest BCUT2D eigenvalue weighted by atomic mass is 35.5. The molecule has 7 heteroatoms. The number of amides is 1. The first-order valence-electron chi connectivity index (χ1n) is 9.20. The van der Waals surface area contributed by atoms with E-state index in [1.807, 2.05) is 72.8 Å². The molecule has 1 N–H and O–H groups in total. The summed E-state index contributed by atoms with van der Waals surface area (Å²) < 4.78 is 5.75. The molecule has 0 bridgehead atoms. The maximum Gasteiger partial charge on any atom is 0.250 e. The predicted molar refractivity (Wildman–Crippen MR) is 126 cm³/mol. The molecule has 154 valence electrons. The van der Waals surface area contributed by atoms with E-state index in [9.17, 15) is 4.79 Å². The fraction of sp³-hybridized carbons (Fsp3) is 0.130. The molecule has 3 aromatic rings. The molecule has 3 aromatic carbocycles. The van der Waals surface area contributed by atoms with Gasteiger partial charge in [-0.2, -0.15) is 5.10 Å². The van der Waals surface area contributed by atoms with Crippen LogP contribution in [0.1, 0.15) is 16.7 Å². The van der Waals surface area contributed by atoms with Crippen LogP contribution >= 0.6 is 35.0 Å². The van der Waals surface area contributed by atoms with Crippen LogP contribution in [0.5, 0.6) is 5.75 Å². The number of hydrazone groups is 1. The second-order valence-corrected chi connectivity index (χ2v) is 8.19. The van der Waals surface area contributed by atoms with E-state index in [2.05, 4.69) is 10.5 Å². The van der Waals surface area contributed by atoms with Gasteiger partial charge >= 0.3 is 0 Å². The van der Waals surface area contributed by atoms with Crippen LogP contribution < -0.4 is 10.2 Å². The SMILES string of the molecule is O=C(CSCc1cccc(Cl)c1)NN=Cc1ccc(OCc2ccccc2Cl)cc1. The van der Waals surface area contributed by atoms with Gasteiger partial charge in [-0.15, -0.1) is 11.8 Å². The number of thioether (sulfide) groups is 1. The fourth-order valence-electron chi connectivity index (χ4n) is 2.53. The summed E-state index contributed by atoms with van der Waals surface area (Å²) >= 11 is 13.6.